The van der Waals surface area contributed by atoms with E-state index in [1.54, 1.807) is 19.1 Å². The standard InChI is InChI=1S/C17H15ClN2O3S.C4H4ClNO2/c1-11-3-5-13(6-4-11)14-7-9-15(10-8-14)24(21,22)20-17-16(18)12(2)19-23-17;5-6-3(7)1-2-4(6)8/h3-10,20H,1-2H3;1-2H2. The van der Waals surface area contributed by atoms with E-state index in [1.807, 2.05) is 31.2 Å². The van der Waals surface area contributed by atoms with Gasteiger partial charge in [-0.25, -0.2) is 13.1 Å². The van der Waals surface area contributed by atoms with Gasteiger partial charge in [0, 0.05) is 24.6 Å². The van der Waals surface area contributed by atoms with Gasteiger partial charge in [-0.05, 0) is 37.1 Å². The van der Waals surface area contributed by atoms with Crippen LogP contribution in [-0.4, -0.2) is 29.8 Å². The summed E-state index contributed by atoms with van der Waals surface area (Å²) in [5.41, 5.74) is 3.54. The molecule has 0 saturated carbocycles. The van der Waals surface area contributed by atoms with Crippen LogP contribution < -0.4 is 4.72 Å². The number of benzene rings is 2. The van der Waals surface area contributed by atoms with Crippen molar-refractivity contribution in [1.82, 2.24) is 9.58 Å². The highest BCUT2D eigenvalue weighted by Crippen LogP contribution is 2.28. The van der Waals surface area contributed by atoms with Crippen molar-refractivity contribution in [2.24, 2.45) is 0 Å². The van der Waals surface area contributed by atoms with Crippen LogP contribution in [0.1, 0.15) is 24.1 Å². The van der Waals surface area contributed by atoms with E-state index in [0.29, 0.717) is 10.1 Å². The van der Waals surface area contributed by atoms with Crippen molar-refractivity contribution in [3.05, 3.63) is 64.8 Å². The lowest BCUT2D eigenvalue weighted by Crippen LogP contribution is -2.16. The van der Waals surface area contributed by atoms with Crippen LogP contribution in [0, 0.1) is 13.8 Å². The largest absolute Gasteiger partial charge is 0.336 e. The summed E-state index contributed by atoms with van der Waals surface area (Å²) >= 11 is 11.1. The molecule has 1 aliphatic heterocycles. The minimum absolute atomic E-state index is 0.0863. The van der Waals surface area contributed by atoms with Crippen molar-refractivity contribution in [1.29, 1.82) is 0 Å². The molecule has 0 radical (unpaired) electrons. The van der Waals surface area contributed by atoms with E-state index >= 15 is 0 Å². The molecule has 2 amide bonds. The summed E-state index contributed by atoms with van der Waals surface area (Å²) in [7, 11) is -3.80. The van der Waals surface area contributed by atoms with E-state index in [1.165, 1.54) is 17.7 Å². The zero-order valence-electron chi connectivity index (χ0n) is 17.1. The molecule has 1 aliphatic rings. The first-order valence-corrected chi connectivity index (χ1v) is 11.6. The van der Waals surface area contributed by atoms with Gasteiger partial charge in [-0.15, -0.1) is 0 Å². The summed E-state index contributed by atoms with van der Waals surface area (Å²) in [5, 5.41) is 3.77. The Morgan fingerprint density at radius 1 is 0.938 bits per heavy atom. The van der Waals surface area contributed by atoms with Gasteiger partial charge in [0.2, 0.25) is 11.8 Å². The lowest BCUT2D eigenvalue weighted by molar-refractivity contribution is -0.132. The Balaban J connectivity index is 0.000000305. The SMILES string of the molecule is Cc1ccc(-c2ccc(S(=O)(=O)Nc3onc(C)c3Cl)cc2)cc1.O=C1CCC(=O)N1Cl. The van der Waals surface area contributed by atoms with Crippen LogP contribution in [0.25, 0.3) is 11.1 Å². The smallest absolute Gasteiger partial charge is 0.264 e. The van der Waals surface area contributed by atoms with Crippen LogP contribution in [0.15, 0.2) is 57.9 Å². The summed E-state index contributed by atoms with van der Waals surface area (Å²) in [6, 6.07) is 14.6. The lowest BCUT2D eigenvalue weighted by Gasteiger charge is -2.07. The average molecular weight is 496 g/mol. The number of halogens is 2. The molecule has 1 saturated heterocycles. The first-order chi connectivity index (χ1) is 15.1. The van der Waals surface area contributed by atoms with Crippen molar-refractivity contribution in [3.63, 3.8) is 0 Å². The second kappa shape index (κ2) is 9.72. The number of carbonyl (C=O) groups excluding carboxylic acids is 2. The molecule has 1 N–H and O–H groups in total. The van der Waals surface area contributed by atoms with E-state index in [9.17, 15) is 18.0 Å². The van der Waals surface area contributed by atoms with E-state index in [0.717, 1.165) is 11.1 Å². The number of amides is 2. The molecule has 1 fully saturated rings. The van der Waals surface area contributed by atoms with Crippen molar-refractivity contribution >= 4 is 51.1 Å². The summed E-state index contributed by atoms with van der Waals surface area (Å²) in [6.07, 6.45) is 0.532. The van der Waals surface area contributed by atoms with Gasteiger partial charge < -0.3 is 4.52 Å². The van der Waals surface area contributed by atoms with Gasteiger partial charge in [-0.1, -0.05) is 58.7 Å². The monoisotopic (exact) mass is 495 g/mol. The third-order valence-electron chi connectivity index (χ3n) is 4.56. The van der Waals surface area contributed by atoms with Crippen LogP contribution in [0.4, 0.5) is 5.88 Å². The van der Waals surface area contributed by atoms with Gasteiger partial charge in [0.05, 0.1) is 4.90 Å². The van der Waals surface area contributed by atoms with Gasteiger partial charge >= 0.3 is 0 Å². The van der Waals surface area contributed by atoms with Crippen LogP contribution in [0.5, 0.6) is 0 Å². The maximum Gasteiger partial charge on any atom is 0.264 e. The second-order valence-corrected chi connectivity index (χ2v) is 9.37. The molecule has 168 valence electrons. The molecule has 8 nitrogen and oxygen atoms in total. The molecule has 11 heteroatoms. The van der Waals surface area contributed by atoms with E-state index in [4.69, 9.17) is 27.9 Å². The van der Waals surface area contributed by atoms with Crippen molar-refractivity contribution < 1.29 is 22.5 Å². The maximum atomic E-state index is 12.4. The Hall–Kier alpha value is -2.88. The molecule has 32 heavy (non-hydrogen) atoms. The van der Waals surface area contributed by atoms with Gasteiger partial charge in [0.1, 0.15) is 10.7 Å². The van der Waals surface area contributed by atoms with Gasteiger partial charge in [-0.2, -0.15) is 4.42 Å². The van der Waals surface area contributed by atoms with Gasteiger partial charge in [0.25, 0.3) is 15.9 Å². The number of aryl methyl sites for hydroxylation is 2. The minimum Gasteiger partial charge on any atom is -0.336 e. The van der Waals surface area contributed by atoms with Gasteiger partial charge in [-0.3, -0.25) is 9.59 Å². The highest BCUT2D eigenvalue weighted by molar-refractivity contribution is 7.92. The molecule has 0 atom stereocenters. The molecule has 2 aromatic carbocycles. The van der Waals surface area contributed by atoms with Crippen LogP contribution in [0.2, 0.25) is 5.02 Å². The van der Waals surface area contributed by atoms with Gasteiger partial charge in [0.15, 0.2) is 0 Å². The number of carbonyl (C=O) groups is 2. The van der Waals surface area contributed by atoms with Crippen molar-refractivity contribution in [3.8, 4) is 11.1 Å². The number of hydrogen-bond donors (Lipinski definition) is 1. The number of sulfonamides is 1. The summed E-state index contributed by atoms with van der Waals surface area (Å²) in [5.74, 6) is -0.676. The molecule has 0 spiro atoms. The third-order valence-corrected chi connectivity index (χ3v) is 6.73. The Bertz CT molecular complexity index is 1220. The molecular formula is C21H19Cl2N3O5S. The number of nitrogens with one attached hydrogen (secondary N) is 1. The Labute approximate surface area is 195 Å². The lowest BCUT2D eigenvalue weighted by atomic mass is 10.0. The van der Waals surface area contributed by atoms with Crippen molar-refractivity contribution in [2.75, 3.05) is 4.72 Å². The average Bonchev–Trinajstić information content (AvgIpc) is 3.24. The highest BCUT2D eigenvalue weighted by Gasteiger charge is 2.26. The quantitative estimate of drug-likeness (QED) is 0.414. The number of nitrogens with zero attached hydrogens (tertiary/aromatic N) is 2. The topological polar surface area (TPSA) is 110 Å². The van der Waals surface area contributed by atoms with Crippen molar-refractivity contribution in [2.45, 2.75) is 31.6 Å². The predicted molar refractivity (Wildman–Crippen MR) is 121 cm³/mol. The van der Waals surface area contributed by atoms with Crippen LogP contribution >= 0.6 is 23.4 Å². The minimum atomic E-state index is -3.80. The van der Waals surface area contributed by atoms with E-state index in [2.05, 4.69) is 9.88 Å². The zero-order chi connectivity index (χ0) is 23.5. The Morgan fingerprint density at radius 3 is 1.84 bits per heavy atom. The van der Waals surface area contributed by atoms with Crippen LogP contribution in [0.3, 0.4) is 0 Å². The summed E-state index contributed by atoms with van der Waals surface area (Å²) in [6.45, 7) is 3.64. The molecule has 0 unspecified atom stereocenters. The Morgan fingerprint density at radius 2 is 1.44 bits per heavy atom. The molecule has 3 aromatic rings. The number of anilines is 1. The number of aromatic nitrogens is 1. The third kappa shape index (κ3) is 5.48. The fourth-order valence-corrected chi connectivity index (χ4v) is 4.06. The van der Waals surface area contributed by atoms with Crippen LogP contribution in [-0.2, 0) is 19.6 Å². The number of hydrogen-bond acceptors (Lipinski definition) is 6. The molecule has 0 aliphatic carbocycles. The fraction of sp³-hybridized carbons (Fsp3) is 0.190. The molecular weight excluding hydrogens is 477 g/mol. The molecule has 1 aromatic heterocycles. The second-order valence-electron chi connectivity index (χ2n) is 6.98. The first-order valence-electron chi connectivity index (χ1n) is 9.42. The molecule has 2 heterocycles. The maximum absolute atomic E-state index is 12.4. The molecule has 0 bridgehead atoms. The fourth-order valence-electron chi connectivity index (χ4n) is 2.72. The summed E-state index contributed by atoms with van der Waals surface area (Å²) < 4.78 is 32.6. The highest BCUT2D eigenvalue weighted by atomic mass is 35.5. The number of imide groups is 1. The molecule has 4 rings (SSSR count). The summed E-state index contributed by atoms with van der Waals surface area (Å²) in [4.78, 5) is 20.8. The normalized spacial score (nSPS) is 13.7. The number of rotatable bonds is 4. The van der Waals surface area contributed by atoms with E-state index < -0.39 is 10.0 Å². The first kappa shape index (κ1) is 23.8. The zero-order valence-corrected chi connectivity index (χ0v) is 19.5. The predicted octanol–water partition coefficient (Wildman–Crippen LogP) is 4.70. The van der Waals surface area contributed by atoms with E-state index in [-0.39, 0.29) is 40.5 Å². The Kier molecular flexibility index (Phi) is 7.22.